The molecule has 2 aromatic carbocycles. The SMILES string of the molecule is O=C(CCc1cccc(F)c1)[C@@H]1CCCN1S(=O)(=O)c1cc2ccccc2o1. The first-order valence-electron chi connectivity index (χ1n) is 9.23. The zero-order chi connectivity index (χ0) is 19.7. The molecule has 1 fully saturated rings. The van der Waals surface area contributed by atoms with Crippen molar-refractivity contribution in [3.8, 4) is 0 Å². The summed E-state index contributed by atoms with van der Waals surface area (Å²) in [6.45, 7) is 0.287. The van der Waals surface area contributed by atoms with Crippen molar-refractivity contribution >= 4 is 26.8 Å². The Morgan fingerprint density at radius 1 is 1.14 bits per heavy atom. The van der Waals surface area contributed by atoms with E-state index in [2.05, 4.69) is 0 Å². The number of aryl methyl sites for hydroxylation is 1. The number of ketones is 1. The summed E-state index contributed by atoms with van der Waals surface area (Å²) < 4.78 is 46.2. The van der Waals surface area contributed by atoms with E-state index in [0.717, 1.165) is 5.56 Å². The zero-order valence-corrected chi connectivity index (χ0v) is 16.0. The highest BCUT2D eigenvalue weighted by Gasteiger charge is 2.40. The first-order chi connectivity index (χ1) is 13.4. The van der Waals surface area contributed by atoms with Gasteiger partial charge < -0.3 is 4.42 Å². The maximum absolute atomic E-state index is 13.3. The van der Waals surface area contributed by atoms with Gasteiger partial charge in [0.1, 0.15) is 11.4 Å². The second-order valence-corrected chi connectivity index (χ2v) is 8.79. The van der Waals surface area contributed by atoms with Crippen molar-refractivity contribution in [2.45, 2.75) is 36.8 Å². The van der Waals surface area contributed by atoms with Gasteiger partial charge in [-0.1, -0.05) is 30.3 Å². The lowest BCUT2D eigenvalue weighted by Gasteiger charge is -2.21. The van der Waals surface area contributed by atoms with Crippen LogP contribution in [0.2, 0.25) is 0 Å². The first kappa shape index (κ1) is 18.8. The Hall–Kier alpha value is -2.51. The Balaban J connectivity index is 1.52. The minimum atomic E-state index is -3.90. The highest BCUT2D eigenvalue weighted by molar-refractivity contribution is 7.89. The van der Waals surface area contributed by atoms with Crippen LogP contribution in [0.4, 0.5) is 4.39 Å². The van der Waals surface area contributed by atoms with Gasteiger partial charge in [-0.25, -0.2) is 12.8 Å². The molecule has 1 atom stereocenters. The number of halogens is 1. The van der Waals surface area contributed by atoms with Crippen molar-refractivity contribution in [1.82, 2.24) is 4.31 Å². The van der Waals surface area contributed by atoms with Crippen molar-refractivity contribution in [1.29, 1.82) is 0 Å². The third-order valence-corrected chi connectivity index (χ3v) is 6.85. The minimum Gasteiger partial charge on any atom is -0.443 e. The summed E-state index contributed by atoms with van der Waals surface area (Å²) in [6.07, 6.45) is 1.66. The summed E-state index contributed by atoms with van der Waals surface area (Å²) in [5, 5.41) is 0.563. The first-order valence-corrected chi connectivity index (χ1v) is 10.7. The number of nitrogens with zero attached hydrogens (tertiary/aromatic N) is 1. The molecule has 0 bridgehead atoms. The van der Waals surface area contributed by atoms with Gasteiger partial charge in [-0.3, -0.25) is 4.79 Å². The lowest BCUT2D eigenvalue weighted by atomic mass is 10.0. The number of furan rings is 1. The summed E-state index contributed by atoms with van der Waals surface area (Å²) in [5.74, 6) is -0.499. The molecule has 146 valence electrons. The standard InChI is InChI=1S/C21H20FNO4S/c22-17-7-3-5-15(13-17)10-11-19(24)18-8-4-12-23(18)28(25,26)21-14-16-6-1-2-9-20(16)27-21/h1-3,5-7,9,13-14,18H,4,8,10-12H2/t18-/m0/s1. The van der Waals surface area contributed by atoms with E-state index in [-0.39, 0.29) is 29.7 Å². The number of rotatable bonds is 6. The molecule has 1 aliphatic rings. The Morgan fingerprint density at radius 2 is 1.96 bits per heavy atom. The van der Waals surface area contributed by atoms with E-state index >= 15 is 0 Å². The quantitative estimate of drug-likeness (QED) is 0.628. The highest BCUT2D eigenvalue weighted by Crippen LogP contribution is 2.30. The van der Waals surface area contributed by atoms with Crippen LogP contribution >= 0.6 is 0 Å². The maximum atomic E-state index is 13.3. The summed E-state index contributed by atoms with van der Waals surface area (Å²) in [6, 6.07) is 14.0. The van der Waals surface area contributed by atoms with Gasteiger partial charge in [-0.05, 0) is 43.0 Å². The highest BCUT2D eigenvalue weighted by atomic mass is 32.2. The predicted octanol–water partition coefficient (Wildman–Crippen LogP) is 3.93. The van der Waals surface area contributed by atoms with Gasteiger partial charge >= 0.3 is 0 Å². The van der Waals surface area contributed by atoms with E-state index in [4.69, 9.17) is 4.42 Å². The summed E-state index contributed by atoms with van der Waals surface area (Å²) >= 11 is 0. The van der Waals surface area contributed by atoms with Crippen LogP contribution in [0.15, 0.2) is 64.1 Å². The molecule has 0 spiro atoms. The molecule has 0 radical (unpaired) electrons. The van der Waals surface area contributed by atoms with Crippen LogP contribution in [-0.4, -0.2) is 31.1 Å². The Morgan fingerprint density at radius 3 is 2.75 bits per heavy atom. The van der Waals surface area contributed by atoms with Crippen LogP contribution < -0.4 is 0 Å². The predicted molar refractivity (Wildman–Crippen MR) is 103 cm³/mol. The molecule has 0 saturated carbocycles. The maximum Gasteiger partial charge on any atom is 0.277 e. The molecule has 28 heavy (non-hydrogen) atoms. The van der Waals surface area contributed by atoms with Crippen molar-refractivity contribution in [3.63, 3.8) is 0 Å². The molecule has 0 unspecified atom stereocenters. The minimum absolute atomic E-state index is 0.140. The molecule has 4 rings (SSSR count). The van der Waals surface area contributed by atoms with E-state index in [1.54, 1.807) is 30.3 Å². The van der Waals surface area contributed by atoms with E-state index in [1.807, 2.05) is 6.07 Å². The van der Waals surface area contributed by atoms with Crippen LogP contribution in [0.5, 0.6) is 0 Å². The normalized spacial score (nSPS) is 18.0. The van der Waals surface area contributed by atoms with E-state index < -0.39 is 16.1 Å². The third-order valence-electron chi connectivity index (χ3n) is 5.09. The molecule has 2 heterocycles. The smallest absolute Gasteiger partial charge is 0.277 e. The molecule has 0 N–H and O–H groups in total. The third kappa shape index (κ3) is 3.59. The van der Waals surface area contributed by atoms with E-state index in [9.17, 15) is 17.6 Å². The van der Waals surface area contributed by atoms with Crippen molar-refractivity contribution in [3.05, 3.63) is 66.0 Å². The molecule has 5 nitrogen and oxygen atoms in total. The molecule has 3 aromatic rings. The number of para-hydroxylation sites is 1. The van der Waals surface area contributed by atoms with Crippen molar-refractivity contribution in [2.75, 3.05) is 6.54 Å². The fraction of sp³-hybridized carbons (Fsp3) is 0.286. The number of carbonyl (C=O) groups excluding carboxylic acids is 1. The topological polar surface area (TPSA) is 67.6 Å². The molecule has 7 heteroatoms. The lowest BCUT2D eigenvalue weighted by Crippen LogP contribution is -2.40. The van der Waals surface area contributed by atoms with Gasteiger partial charge in [-0.15, -0.1) is 0 Å². The number of Topliss-reactive ketones (excluding diaryl/α,β-unsaturated/α-hetero) is 1. The van der Waals surface area contributed by atoms with Crippen LogP contribution in [0.25, 0.3) is 11.0 Å². The van der Waals surface area contributed by atoms with E-state index in [1.165, 1.54) is 22.5 Å². The molecule has 0 aliphatic carbocycles. The van der Waals surface area contributed by atoms with Crippen LogP contribution in [0, 0.1) is 5.82 Å². The van der Waals surface area contributed by atoms with Crippen molar-refractivity contribution in [2.24, 2.45) is 0 Å². The van der Waals surface area contributed by atoms with Gasteiger partial charge in [0, 0.05) is 24.4 Å². The van der Waals surface area contributed by atoms with Crippen molar-refractivity contribution < 1.29 is 22.0 Å². The molecular formula is C21H20FNO4S. The number of carbonyl (C=O) groups is 1. The van der Waals surface area contributed by atoms with Crippen LogP contribution in [0.3, 0.4) is 0 Å². The van der Waals surface area contributed by atoms with Gasteiger partial charge in [0.25, 0.3) is 10.0 Å². The summed E-state index contributed by atoms with van der Waals surface area (Å²) in [4.78, 5) is 12.7. The Labute approximate surface area is 162 Å². The Bertz CT molecular complexity index is 1090. The van der Waals surface area contributed by atoms with Crippen LogP contribution in [0.1, 0.15) is 24.8 Å². The number of hydrogen-bond acceptors (Lipinski definition) is 4. The summed E-state index contributed by atoms with van der Waals surface area (Å²) in [5.41, 5.74) is 1.22. The second kappa shape index (κ2) is 7.48. The zero-order valence-electron chi connectivity index (χ0n) is 15.2. The number of hydrogen-bond donors (Lipinski definition) is 0. The summed E-state index contributed by atoms with van der Waals surface area (Å²) in [7, 11) is -3.90. The molecule has 1 aliphatic heterocycles. The van der Waals surface area contributed by atoms with E-state index in [0.29, 0.717) is 30.2 Å². The lowest BCUT2D eigenvalue weighted by molar-refractivity contribution is -0.122. The largest absolute Gasteiger partial charge is 0.443 e. The Kier molecular flexibility index (Phi) is 5.03. The van der Waals surface area contributed by atoms with Gasteiger partial charge in [0.05, 0.1) is 6.04 Å². The van der Waals surface area contributed by atoms with Gasteiger partial charge in [0.15, 0.2) is 5.78 Å². The average molecular weight is 401 g/mol. The molecular weight excluding hydrogens is 381 g/mol. The second-order valence-electron chi connectivity index (χ2n) is 6.97. The number of benzene rings is 2. The van der Waals surface area contributed by atoms with Crippen LogP contribution in [-0.2, 0) is 21.2 Å². The van der Waals surface area contributed by atoms with Gasteiger partial charge in [-0.2, -0.15) is 4.31 Å². The fourth-order valence-electron chi connectivity index (χ4n) is 3.68. The monoisotopic (exact) mass is 401 g/mol. The molecule has 0 amide bonds. The molecule has 1 aromatic heterocycles. The van der Waals surface area contributed by atoms with Gasteiger partial charge in [0.2, 0.25) is 5.09 Å². The number of fused-ring (bicyclic) bond motifs is 1. The number of sulfonamides is 1. The fourth-order valence-corrected chi connectivity index (χ4v) is 5.31. The average Bonchev–Trinajstić information content (AvgIpc) is 3.34. The molecule has 1 saturated heterocycles.